The average molecular weight is 205 g/mol. The summed E-state index contributed by atoms with van der Waals surface area (Å²) in [6.07, 6.45) is 0.0653. The summed E-state index contributed by atoms with van der Waals surface area (Å²) in [6.45, 7) is 6.21. The average Bonchev–Trinajstić information content (AvgIpc) is 2.02. The van der Waals surface area contributed by atoms with Gasteiger partial charge in [0.25, 0.3) is 0 Å². The van der Waals surface area contributed by atoms with Gasteiger partial charge in [0.15, 0.2) is 0 Å². The second-order valence-corrected chi connectivity index (χ2v) is 4.94. The highest BCUT2D eigenvalue weighted by molar-refractivity contribution is 7.99. The van der Waals surface area contributed by atoms with Gasteiger partial charge in [0, 0.05) is 11.3 Å². The zero-order valence-corrected chi connectivity index (χ0v) is 9.30. The first-order chi connectivity index (χ1) is 5.99. The second-order valence-electron chi connectivity index (χ2n) is 3.28. The maximum absolute atomic E-state index is 10.4. The highest BCUT2D eigenvalue weighted by Crippen LogP contribution is 2.21. The van der Waals surface area contributed by atoms with Crippen LogP contribution in [-0.2, 0) is 4.79 Å². The van der Waals surface area contributed by atoms with Crippen molar-refractivity contribution < 1.29 is 9.90 Å². The molecule has 0 aromatic heterocycles. The minimum absolute atomic E-state index is 0.0653. The molecule has 0 saturated carbocycles. The van der Waals surface area contributed by atoms with Gasteiger partial charge in [0.05, 0.1) is 6.42 Å². The van der Waals surface area contributed by atoms with Gasteiger partial charge in [-0.15, -0.1) is 0 Å². The van der Waals surface area contributed by atoms with Crippen molar-refractivity contribution in [2.45, 2.75) is 38.5 Å². The topological polar surface area (TPSA) is 63.3 Å². The van der Waals surface area contributed by atoms with Crippen LogP contribution in [0.25, 0.3) is 0 Å². The third-order valence-electron chi connectivity index (χ3n) is 2.26. The van der Waals surface area contributed by atoms with Crippen LogP contribution in [0.5, 0.6) is 0 Å². The standard InChI is InChI=1S/C9H19NO2S/c1-4-13-7(3)6(2)8(10)5-9(11)12/h6-8H,4-5,10H2,1-3H3,(H,11,12)/t6-,7+,8+/m1/s1. The van der Waals surface area contributed by atoms with Crippen molar-refractivity contribution >= 4 is 17.7 Å². The molecule has 13 heavy (non-hydrogen) atoms. The first-order valence-electron chi connectivity index (χ1n) is 4.58. The molecule has 0 aliphatic carbocycles. The van der Waals surface area contributed by atoms with E-state index in [1.54, 1.807) is 0 Å². The van der Waals surface area contributed by atoms with E-state index >= 15 is 0 Å². The van der Waals surface area contributed by atoms with E-state index in [-0.39, 0.29) is 18.4 Å². The van der Waals surface area contributed by atoms with Gasteiger partial charge < -0.3 is 10.8 Å². The Morgan fingerprint density at radius 2 is 2.08 bits per heavy atom. The van der Waals surface area contributed by atoms with Crippen molar-refractivity contribution in [3.05, 3.63) is 0 Å². The van der Waals surface area contributed by atoms with E-state index in [0.29, 0.717) is 5.25 Å². The van der Waals surface area contributed by atoms with Crippen molar-refractivity contribution in [2.24, 2.45) is 11.7 Å². The van der Waals surface area contributed by atoms with Crippen molar-refractivity contribution in [1.82, 2.24) is 0 Å². The third kappa shape index (κ3) is 5.16. The molecule has 0 heterocycles. The number of carboxylic acid groups (broad SMARTS) is 1. The van der Waals surface area contributed by atoms with Gasteiger partial charge in [-0.25, -0.2) is 0 Å². The quantitative estimate of drug-likeness (QED) is 0.691. The Kier molecular flexibility index (Phi) is 6.16. The Balaban J connectivity index is 3.92. The fourth-order valence-electron chi connectivity index (χ4n) is 1.15. The normalized spacial score (nSPS) is 17.8. The van der Waals surface area contributed by atoms with Gasteiger partial charge in [-0.1, -0.05) is 20.8 Å². The Morgan fingerprint density at radius 3 is 2.46 bits per heavy atom. The van der Waals surface area contributed by atoms with Crippen molar-refractivity contribution in [2.75, 3.05) is 5.75 Å². The first-order valence-corrected chi connectivity index (χ1v) is 5.62. The smallest absolute Gasteiger partial charge is 0.304 e. The van der Waals surface area contributed by atoms with E-state index in [1.165, 1.54) is 0 Å². The van der Waals surface area contributed by atoms with E-state index in [9.17, 15) is 4.79 Å². The molecule has 0 radical (unpaired) electrons. The highest BCUT2D eigenvalue weighted by Gasteiger charge is 2.21. The van der Waals surface area contributed by atoms with Crippen LogP contribution in [0, 0.1) is 5.92 Å². The van der Waals surface area contributed by atoms with Gasteiger partial charge in [0.2, 0.25) is 0 Å². The molecule has 0 spiro atoms. The molecule has 0 saturated heterocycles. The summed E-state index contributed by atoms with van der Waals surface area (Å²) in [5.74, 6) is 0.486. The molecule has 4 heteroatoms. The van der Waals surface area contributed by atoms with Crippen LogP contribution in [0.2, 0.25) is 0 Å². The summed E-state index contributed by atoms with van der Waals surface area (Å²) in [4.78, 5) is 10.4. The number of aliphatic carboxylic acids is 1. The fourth-order valence-corrected chi connectivity index (χ4v) is 2.18. The summed E-state index contributed by atoms with van der Waals surface area (Å²) < 4.78 is 0. The van der Waals surface area contributed by atoms with E-state index in [0.717, 1.165) is 5.75 Å². The molecule has 0 amide bonds. The molecule has 0 fully saturated rings. The van der Waals surface area contributed by atoms with Gasteiger partial charge >= 0.3 is 5.97 Å². The highest BCUT2D eigenvalue weighted by atomic mass is 32.2. The molecule has 78 valence electrons. The maximum atomic E-state index is 10.4. The van der Waals surface area contributed by atoms with Crippen molar-refractivity contribution in [1.29, 1.82) is 0 Å². The van der Waals surface area contributed by atoms with E-state index in [2.05, 4.69) is 13.8 Å². The predicted octanol–water partition coefficient (Wildman–Crippen LogP) is 1.57. The molecule has 0 aromatic carbocycles. The molecule has 0 aliphatic heterocycles. The second kappa shape index (κ2) is 6.27. The number of carbonyl (C=O) groups is 1. The van der Waals surface area contributed by atoms with Crippen molar-refractivity contribution in [3.63, 3.8) is 0 Å². The number of hydrogen-bond acceptors (Lipinski definition) is 3. The van der Waals surface area contributed by atoms with Gasteiger partial charge in [-0.05, 0) is 11.7 Å². The molecule has 3 nitrogen and oxygen atoms in total. The van der Waals surface area contributed by atoms with E-state index < -0.39 is 5.97 Å². The SMILES string of the molecule is CCS[C@@H](C)[C@@H](C)[C@@H](N)CC(=O)O. The van der Waals surface area contributed by atoms with Crippen LogP contribution in [0.1, 0.15) is 27.2 Å². The molecule has 0 rings (SSSR count). The van der Waals surface area contributed by atoms with E-state index in [4.69, 9.17) is 10.8 Å². The minimum atomic E-state index is -0.812. The number of nitrogens with two attached hydrogens (primary N) is 1. The van der Waals surface area contributed by atoms with Crippen LogP contribution in [0.15, 0.2) is 0 Å². The zero-order valence-electron chi connectivity index (χ0n) is 8.49. The lowest BCUT2D eigenvalue weighted by Crippen LogP contribution is -2.35. The molecular weight excluding hydrogens is 186 g/mol. The Labute approximate surface area is 84.1 Å². The number of hydrogen-bond donors (Lipinski definition) is 2. The van der Waals surface area contributed by atoms with Crippen LogP contribution >= 0.6 is 11.8 Å². The Morgan fingerprint density at radius 1 is 1.54 bits per heavy atom. The third-order valence-corrected chi connectivity index (χ3v) is 3.54. The summed E-state index contributed by atoms with van der Waals surface area (Å²) in [5.41, 5.74) is 5.76. The number of thioether (sulfide) groups is 1. The van der Waals surface area contributed by atoms with Gasteiger partial charge in [-0.2, -0.15) is 11.8 Å². The zero-order chi connectivity index (χ0) is 10.4. The fraction of sp³-hybridized carbons (Fsp3) is 0.889. The lowest BCUT2D eigenvalue weighted by Gasteiger charge is -2.24. The van der Waals surface area contributed by atoms with Gasteiger partial charge in [0.1, 0.15) is 0 Å². The minimum Gasteiger partial charge on any atom is -0.481 e. The van der Waals surface area contributed by atoms with Crippen LogP contribution in [-0.4, -0.2) is 28.1 Å². The molecule has 0 bridgehead atoms. The van der Waals surface area contributed by atoms with Crippen LogP contribution in [0.4, 0.5) is 0 Å². The monoisotopic (exact) mass is 205 g/mol. The molecule has 0 unspecified atom stereocenters. The predicted molar refractivity (Wildman–Crippen MR) is 57.0 cm³/mol. The Hall–Kier alpha value is -0.220. The summed E-state index contributed by atoms with van der Waals surface area (Å²) in [7, 11) is 0. The summed E-state index contributed by atoms with van der Waals surface area (Å²) >= 11 is 1.82. The molecule has 0 aliphatic rings. The molecule has 3 atom stereocenters. The Bertz CT molecular complexity index is 164. The number of rotatable bonds is 6. The maximum Gasteiger partial charge on any atom is 0.304 e. The first kappa shape index (κ1) is 12.8. The molecule has 3 N–H and O–H groups in total. The lowest BCUT2D eigenvalue weighted by molar-refractivity contribution is -0.137. The van der Waals surface area contributed by atoms with Gasteiger partial charge in [-0.3, -0.25) is 4.79 Å². The summed E-state index contributed by atoms with van der Waals surface area (Å²) in [6, 6.07) is -0.230. The van der Waals surface area contributed by atoms with Crippen LogP contribution < -0.4 is 5.73 Å². The largest absolute Gasteiger partial charge is 0.481 e. The molecule has 0 aromatic rings. The van der Waals surface area contributed by atoms with Crippen molar-refractivity contribution in [3.8, 4) is 0 Å². The lowest BCUT2D eigenvalue weighted by atomic mass is 9.97. The van der Waals surface area contributed by atoms with Crippen LogP contribution in [0.3, 0.4) is 0 Å². The number of carboxylic acids is 1. The molecular formula is C9H19NO2S. The van der Waals surface area contributed by atoms with E-state index in [1.807, 2.05) is 18.7 Å². The summed E-state index contributed by atoms with van der Waals surface area (Å²) in [5, 5.41) is 8.99.